The molecule has 2 aromatic heterocycles. The summed E-state index contributed by atoms with van der Waals surface area (Å²) in [5, 5.41) is 14.5. The SMILES string of the molecule is CCc1cc2c(NC3CCCCC3O)nc(NN)nc2s1. The Bertz CT molecular complexity index is 629. The van der Waals surface area contributed by atoms with E-state index in [0.29, 0.717) is 5.95 Å². The predicted octanol–water partition coefficient (Wildman–Crippen LogP) is 2.25. The van der Waals surface area contributed by atoms with Crippen molar-refractivity contribution in [1.82, 2.24) is 9.97 Å². The highest BCUT2D eigenvalue weighted by molar-refractivity contribution is 7.18. The minimum absolute atomic E-state index is 0.0486. The van der Waals surface area contributed by atoms with Gasteiger partial charge in [0.1, 0.15) is 10.6 Å². The maximum absolute atomic E-state index is 10.1. The van der Waals surface area contributed by atoms with Gasteiger partial charge in [-0.15, -0.1) is 11.3 Å². The van der Waals surface area contributed by atoms with Crippen LogP contribution in [0.5, 0.6) is 0 Å². The Labute approximate surface area is 127 Å². The summed E-state index contributed by atoms with van der Waals surface area (Å²) in [5.41, 5.74) is 2.52. The number of hydrogen-bond acceptors (Lipinski definition) is 7. The van der Waals surface area contributed by atoms with E-state index in [4.69, 9.17) is 5.84 Å². The molecule has 1 aliphatic rings. The fourth-order valence-electron chi connectivity index (χ4n) is 2.78. The van der Waals surface area contributed by atoms with Crippen LogP contribution >= 0.6 is 11.3 Å². The number of fused-ring (bicyclic) bond motifs is 1. The van der Waals surface area contributed by atoms with E-state index in [2.05, 4.69) is 33.7 Å². The summed E-state index contributed by atoms with van der Waals surface area (Å²) in [5.74, 6) is 6.62. The van der Waals surface area contributed by atoms with Gasteiger partial charge in [0.25, 0.3) is 0 Å². The van der Waals surface area contributed by atoms with Gasteiger partial charge in [-0.1, -0.05) is 19.8 Å². The van der Waals surface area contributed by atoms with Crippen LogP contribution in [0.1, 0.15) is 37.5 Å². The van der Waals surface area contributed by atoms with Crippen LogP contribution in [0.4, 0.5) is 11.8 Å². The largest absolute Gasteiger partial charge is 0.391 e. The number of rotatable bonds is 4. The Morgan fingerprint density at radius 2 is 2.19 bits per heavy atom. The lowest BCUT2D eigenvalue weighted by atomic mass is 9.92. The van der Waals surface area contributed by atoms with Crippen LogP contribution in [0, 0.1) is 0 Å². The molecule has 7 heteroatoms. The fraction of sp³-hybridized carbons (Fsp3) is 0.571. The highest BCUT2D eigenvalue weighted by atomic mass is 32.1. The predicted molar refractivity (Wildman–Crippen MR) is 86.5 cm³/mol. The van der Waals surface area contributed by atoms with E-state index in [1.165, 1.54) is 4.88 Å². The molecule has 0 spiro atoms. The number of nitrogens with zero attached hydrogens (tertiary/aromatic N) is 2. The van der Waals surface area contributed by atoms with Crippen LogP contribution in [-0.4, -0.2) is 27.2 Å². The van der Waals surface area contributed by atoms with Gasteiger partial charge in [-0.3, -0.25) is 5.43 Å². The first-order valence-corrected chi connectivity index (χ1v) is 8.24. The zero-order valence-electron chi connectivity index (χ0n) is 12.1. The summed E-state index contributed by atoms with van der Waals surface area (Å²) in [7, 11) is 0. The Morgan fingerprint density at radius 1 is 1.38 bits per heavy atom. The zero-order valence-corrected chi connectivity index (χ0v) is 12.9. The van der Waals surface area contributed by atoms with Gasteiger partial charge >= 0.3 is 0 Å². The number of aliphatic hydroxyl groups is 1. The first-order valence-electron chi connectivity index (χ1n) is 7.43. The van der Waals surface area contributed by atoms with E-state index in [0.717, 1.165) is 48.1 Å². The molecule has 0 aromatic carbocycles. The van der Waals surface area contributed by atoms with Crippen molar-refractivity contribution in [3.8, 4) is 0 Å². The fourth-order valence-corrected chi connectivity index (χ4v) is 3.74. The third-order valence-electron chi connectivity index (χ3n) is 3.97. The number of nitrogens with one attached hydrogen (secondary N) is 2. The molecule has 0 saturated heterocycles. The molecule has 0 amide bonds. The van der Waals surface area contributed by atoms with Gasteiger partial charge in [-0.2, -0.15) is 4.98 Å². The first kappa shape index (κ1) is 14.5. The maximum Gasteiger partial charge on any atom is 0.240 e. The molecule has 0 bridgehead atoms. The molecule has 0 aliphatic heterocycles. The number of anilines is 2. The highest BCUT2D eigenvalue weighted by Crippen LogP contribution is 2.32. The number of hydrogen-bond donors (Lipinski definition) is 4. The Balaban J connectivity index is 1.96. The summed E-state index contributed by atoms with van der Waals surface area (Å²) < 4.78 is 0. The van der Waals surface area contributed by atoms with E-state index in [1.807, 2.05) is 0 Å². The summed E-state index contributed by atoms with van der Waals surface area (Å²) in [6, 6.07) is 2.17. The monoisotopic (exact) mass is 307 g/mol. The van der Waals surface area contributed by atoms with Crippen molar-refractivity contribution < 1.29 is 5.11 Å². The van der Waals surface area contributed by atoms with Crippen molar-refractivity contribution >= 4 is 33.3 Å². The Kier molecular flexibility index (Phi) is 4.23. The second-order valence-corrected chi connectivity index (χ2v) is 6.54. The van der Waals surface area contributed by atoms with Crippen LogP contribution in [0.3, 0.4) is 0 Å². The van der Waals surface area contributed by atoms with Gasteiger partial charge in [0.2, 0.25) is 5.95 Å². The molecule has 0 radical (unpaired) electrons. The molecule has 2 unspecified atom stereocenters. The van der Waals surface area contributed by atoms with Crippen molar-refractivity contribution in [1.29, 1.82) is 0 Å². The van der Waals surface area contributed by atoms with Crippen molar-refractivity contribution in [2.45, 2.75) is 51.2 Å². The summed E-state index contributed by atoms with van der Waals surface area (Å²) in [6.45, 7) is 2.12. The number of hydrazine groups is 1. The molecule has 2 atom stereocenters. The number of nitrogens with two attached hydrogens (primary N) is 1. The van der Waals surface area contributed by atoms with E-state index in [-0.39, 0.29) is 12.1 Å². The molecular weight excluding hydrogens is 286 g/mol. The lowest BCUT2D eigenvalue weighted by Crippen LogP contribution is -2.36. The normalized spacial score (nSPS) is 22.4. The van der Waals surface area contributed by atoms with Gasteiger partial charge < -0.3 is 10.4 Å². The molecule has 3 rings (SSSR count). The van der Waals surface area contributed by atoms with Gasteiger partial charge in [0.05, 0.1) is 17.5 Å². The van der Waals surface area contributed by atoms with Crippen molar-refractivity contribution in [3.63, 3.8) is 0 Å². The van der Waals surface area contributed by atoms with E-state index in [1.54, 1.807) is 11.3 Å². The van der Waals surface area contributed by atoms with E-state index >= 15 is 0 Å². The third-order valence-corrected chi connectivity index (χ3v) is 5.15. The van der Waals surface area contributed by atoms with Crippen LogP contribution in [-0.2, 0) is 6.42 Å². The lowest BCUT2D eigenvalue weighted by Gasteiger charge is -2.29. The van der Waals surface area contributed by atoms with Crippen LogP contribution in [0.15, 0.2) is 6.07 Å². The molecule has 114 valence electrons. The minimum atomic E-state index is -0.317. The average molecular weight is 307 g/mol. The van der Waals surface area contributed by atoms with Gasteiger partial charge in [-0.25, -0.2) is 10.8 Å². The quantitative estimate of drug-likeness (QED) is 0.511. The first-order chi connectivity index (χ1) is 10.2. The molecule has 21 heavy (non-hydrogen) atoms. The highest BCUT2D eigenvalue weighted by Gasteiger charge is 2.24. The second kappa shape index (κ2) is 6.13. The standard InChI is InChI=1S/C14H21N5OS/c1-2-8-7-9-12(16-10-5-3-4-6-11(10)20)17-14(19-15)18-13(9)21-8/h7,10-11,20H,2-6,15H2,1H3,(H2,16,17,18,19). The Morgan fingerprint density at radius 3 is 2.90 bits per heavy atom. The van der Waals surface area contributed by atoms with Crippen LogP contribution in [0.25, 0.3) is 10.2 Å². The smallest absolute Gasteiger partial charge is 0.240 e. The molecule has 2 heterocycles. The van der Waals surface area contributed by atoms with Crippen molar-refractivity contribution in [3.05, 3.63) is 10.9 Å². The molecule has 1 saturated carbocycles. The lowest BCUT2D eigenvalue weighted by molar-refractivity contribution is 0.116. The molecule has 1 fully saturated rings. The van der Waals surface area contributed by atoms with E-state index < -0.39 is 0 Å². The number of aryl methyl sites for hydroxylation is 1. The molecule has 5 N–H and O–H groups in total. The second-order valence-electron chi connectivity index (χ2n) is 5.43. The summed E-state index contributed by atoms with van der Waals surface area (Å²) in [6.07, 6.45) is 4.68. The number of nitrogen functional groups attached to an aromatic ring is 1. The number of aromatic nitrogens is 2. The van der Waals surface area contributed by atoms with Crippen LogP contribution < -0.4 is 16.6 Å². The average Bonchev–Trinajstić information content (AvgIpc) is 2.92. The summed E-state index contributed by atoms with van der Waals surface area (Å²) >= 11 is 1.65. The summed E-state index contributed by atoms with van der Waals surface area (Å²) in [4.78, 5) is 11.0. The molecule has 2 aromatic rings. The maximum atomic E-state index is 10.1. The minimum Gasteiger partial charge on any atom is -0.391 e. The number of aliphatic hydroxyl groups excluding tert-OH is 1. The number of thiophene rings is 1. The van der Waals surface area contributed by atoms with Gasteiger partial charge in [-0.05, 0) is 25.3 Å². The third kappa shape index (κ3) is 2.95. The van der Waals surface area contributed by atoms with Gasteiger partial charge in [0.15, 0.2) is 0 Å². The van der Waals surface area contributed by atoms with Crippen molar-refractivity contribution in [2.24, 2.45) is 5.84 Å². The van der Waals surface area contributed by atoms with Crippen LogP contribution in [0.2, 0.25) is 0 Å². The topological polar surface area (TPSA) is 96.1 Å². The zero-order chi connectivity index (χ0) is 14.8. The Hall–Kier alpha value is -1.44. The molecule has 1 aliphatic carbocycles. The van der Waals surface area contributed by atoms with Crippen molar-refractivity contribution in [2.75, 3.05) is 10.7 Å². The van der Waals surface area contributed by atoms with Gasteiger partial charge in [0, 0.05) is 4.88 Å². The van der Waals surface area contributed by atoms with E-state index in [9.17, 15) is 5.11 Å². The molecule has 6 nitrogen and oxygen atoms in total. The molecular formula is C14H21N5OS.